The molecule has 0 amide bonds. The number of ether oxygens (including phenoxy) is 1. The standard InChI is InChI=1S/C19H34N4O/c1-5-20-19(21-14-10-11-15-23(6-2)7-3)22-16-17-12-8-9-13-18(17)24-4/h8-9,12-13H,5-7,10-11,14-16H2,1-4H3,(H2,20,21,22). The van der Waals surface area contributed by atoms with Crippen molar-refractivity contribution < 1.29 is 4.74 Å². The molecule has 1 aromatic rings. The summed E-state index contributed by atoms with van der Waals surface area (Å²) in [5.74, 6) is 1.75. The van der Waals surface area contributed by atoms with Crippen molar-refractivity contribution in [1.82, 2.24) is 15.5 Å². The third kappa shape index (κ3) is 7.68. The van der Waals surface area contributed by atoms with Crippen LogP contribution in [0.1, 0.15) is 39.2 Å². The average Bonchev–Trinajstić information content (AvgIpc) is 2.62. The van der Waals surface area contributed by atoms with E-state index in [1.807, 2.05) is 18.2 Å². The number of hydrogen-bond donors (Lipinski definition) is 2. The fraction of sp³-hybridized carbons (Fsp3) is 0.632. The van der Waals surface area contributed by atoms with Crippen LogP contribution >= 0.6 is 0 Å². The van der Waals surface area contributed by atoms with E-state index in [-0.39, 0.29) is 0 Å². The monoisotopic (exact) mass is 334 g/mol. The Hall–Kier alpha value is -1.75. The van der Waals surface area contributed by atoms with Crippen LogP contribution in [-0.4, -0.2) is 50.7 Å². The number of nitrogens with zero attached hydrogens (tertiary/aromatic N) is 2. The first-order valence-corrected chi connectivity index (χ1v) is 9.11. The van der Waals surface area contributed by atoms with Crippen LogP contribution in [0.3, 0.4) is 0 Å². The van der Waals surface area contributed by atoms with Gasteiger partial charge in [-0.3, -0.25) is 0 Å². The Morgan fingerprint density at radius 3 is 2.50 bits per heavy atom. The van der Waals surface area contributed by atoms with Crippen molar-refractivity contribution in [2.24, 2.45) is 4.99 Å². The van der Waals surface area contributed by atoms with E-state index in [1.165, 1.54) is 13.0 Å². The molecule has 2 N–H and O–H groups in total. The number of benzene rings is 1. The van der Waals surface area contributed by atoms with Crippen molar-refractivity contribution in [2.75, 3.05) is 39.8 Å². The van der Waals surface area contributed by atoms with Gasteiger partial charge in [0.1, 0.15) is 5.75 Å². The van der Waals surface area contributed by atoms with E-state index in [1.54, 1.807) is 7.11 Å². The Kier molecular flexibility index (Phi) is 10.7. The highest BCUT2D eigenvalue weighted by Crippen LogP contribution is 2.17. The molecule has 0 aliphatic rings. The van der Waals surface area contributed by atoms with Crippen molar-refractivity contribution in [3.63, 3.8) is 0 Å². The van der Waals surface area contributed by atoms with Crippen molar-refractivity contribution in [2.45, 2.75) is 40.2 Å². The summed E-state index contributed by atoms with van der Waals surface area (Å²) in [6.07, 6.45) is 2.36. The van der Waals surface area contributed by atoms with Crippen LogP contribution in [0.25, 0.3) is 0 Å². The molecule has 5 nitrogen and oxygen atoms in total. The SMILES string of the molecule is CCNC(=NCc1ccccc1OC)NCCCCN(CC)CC. The molecule has 136 valence electrons. The molecule has 0 aliphatic carbocycles. The Morgan fingerprint density at radius 2 is 1.83 bits per heavy atom. The van der Waals surface area contributed by atoms with Crippen LogP contribution in [0.15, 0.2) is 29.3 Å². The molecular weight excluding hydrogens is 300 g/mol. The molecule has 0 atom stereocenters. The molecular formula is C19H34N4O. The Labute approximate surface area is 147 Å². The van der Waals surface area contributed by atoms with Gasteiger partial charge in [0.05, 0.1) is 13.7 Å². The van der Waals surface area contributed by atoms with E-state index >= 15 is 0 Å². The largest absolute Gasteiger partial charge is 0.496 e. The summed E-state index contributed by atoms with van der Waals surface area (Å²) >= 11 is 0. The van der Waals surface area contributed by atoms with Gasteiger partial charge >= 0.3 is 0 Å². The summed E-state index contributed by atoms with van der Waals surface area (Å²) in [6.45, 7) is 12.4. The predicted molar refractivity (Wildman–Crippen MR) is 103 cm³/mol. The van der Waals surface area contributed by atoms with Gasteiger partial charge in [-0.15, -0.1) is 0 Å². The summed E-state index contributed by atoms with van der Waals surface area (Å²) in [4.78, 5) is 7.12. The normalized spacial score (nSPS) is 11.6. The minimum Gasteiger partial charge on any atom is -0.496 e. The van der Waals surface area contributed by atoms with E-state index in [9.17, 15) is 0 Å². The van der Waals surface area contributed by atoms with E-state index in [0.717, 1.165) is 49.9 Å². The average molecular weight is 335 g/mol. The van der Waals surface area contributed by atoms with Crippen molar-refractivity contribution in [3.8, 4) is 5.75 Å². The van der Waals surface area contributed by atoms with Crippen LogP contribution in [0.5, 0.6) is 5.75 Å². The molecule has 0 aromatic heterocycles. The number of methoxy groups -OCH3 is 1. The molecule has 5 heteroatoms. The van der Waals surface area contributed by atoms with E-state index < -0.39 is 0 Å². The number of aliphatic imine (C=N–C) groups is 1. The second kappa shape index (κ2) is 12.6. The van der Waals surface area contributed by atoms with Gasteiger partial charge in [-0.25, -0.2) is 4.99 Å². The molecule has 24 heavy (non-hydrogen) atoms. The maximum absolute atomic E-state index is 5.38. The number of guanidine groups is 1. The lowest BCUT2D eigenvalue weighted by Gasteiger charge is -2.18. The van der Waals surface area contributed by atoms with Crippen molar-refractivity contribution in [1.29, 1.82) is 0 Å². The molecule has 1 rings (SSSR count). The lowest BCUT2D eigenvalue weighted by molar-refractivity contribution is 0.297. The third-order valence-electron chi connectivity index (χ3n) is 4.03. The highest BCUT2D eigenvalue weighted by Gasteiger charge is 2.03. The Bertz CT molecular complexity index is 472. The Balaban J connectivity index is 2.42. The highest BCUT2D eigenvalue weighted by molar-refractivity contribution is 5.79. The predicted octanol–water partition coefficient (Wildman–Crippen LogP) is 2.87. The molecule has 1 aromatic carbocycles. The molecule has 0 fully saturated rings. The van der Waals surface area contributed by atoms with Gasteiger partial charge in [0.15, 0.2) is 5.96 Å². The molecule has 0 saturated carbocycles. The molecule has 0 heterocycles. The second-order valence-electron chi connectivity index (χ2n) is 5.67. The van der Waals surface area contributed by atoms with E-state index in [4.69, 9.17) is 4.74 Å². The molecule has 0 spiro atoms. The number of hydrogen-bond acceptors (Lipinski definition) is 3. The summed E-state index contributed by atoms with van der Waals surface area (Å²) < 4.78 is 5.38. The van der Waals surface area contributed by atoms with Crippen molar-refractivity contribution >= 4 is 5.96 Å². The smallest absolute Gasteiger partial charge is 0.191 e. The summed E-state index contributed by atoms with van der Waals surface area (Å²) in [5, 5.41) is 6.72. The zero-order valence-electron chi connectivity index (χ0n) is 15.8. The lowest BCUT2D eigenvalue weighted by atomic mass is 10.2. The van der Waals surface area contributed by atoms with E-state index in [0.29, 0.717) is 6.54 Å². The number of para-hydroxylation sites is 1. The summed E-state index contributed by atoms with van der Waals surface area (Å²) in [7, 11) is 1.70. The van der Waals surface area contributed by atoms with Gasteiger partial charge in [-0.05, 0) is 45.5 Å². The quantitative estimate of drug-likeness (QED) is 0.371. The van der Waals surface area contributed by atoms with Gasteiger partial charge in [0, 0.05) is 18.7 Å². The van der Waals surface area contributed by atoms with Gasteiger partial charge in [0.2, 0.25) is 0 Å². The van der Waals surface area contributed by atoms with Gasteiger partial charge < -0.3 is 20.3 Å². The maximum atomic E-state index is 5.38. The molecule has 0 aliphatic heterocycles. The second-order valence-corrected chi connectivity index (χ2v) is 5.67. The number of rotatable bonds is 11. The van der Waals surface area contributed by atoms with Gasteiger partial charge in [0.25, 0.3) is 0 Å². The lowest BCUT2D eigenvalue weighted by Crippen LogP contribution is -2.38. The van der Waals surface area contributed by atoms with Crippen LogP contribution in [-0.2, 0) is 6.54 Å². The van der Waals surface area contributed by atoms with Crippen LogP contribution in [0.2, 0.25) is 0 Å². The summed E-state index contributed by atoms with van der Waals surface area (Å²) in [5.41, 5.74) is 1.10. The maximum Gasteiger partial charge on any atom is 0.191 e. The fourth-order valence-corrected chi connectivity index (χ4v) is 2.55. The molecule has 0 bridgehead atoms. The molecule has 0 saturated heterocycles. The minimum absolute atomic E-state index is 0.610. The first-order valence-electron chi connectivity index (χ1n) is 9.11. The fourth-order valence-electron chi connectivity index (χ4n) is 2.55. The van der Waals surface area contributed by atoms with E-state index in [2.05, 4.69) is 47.4 Å². The first-order chi connectivity index (χ1) is 11.7. The molecule has 0 unspecified atom stereocenters. The summed E-state index contributed by atoms with van der Waals surface area (Å²) in [6, 6.07) is 8.01. The third-order valence-corrected chi connectivity index (χ3v) is 4.03. The topological polar surface area (TPSA) is 48.9 Å². The van der Waals surface area contributed by atoms with Crippen LogP contribution < -0.4 is 15.4 Å². The van der Waals surface area contributed by atoms with Gasteiger partial charge in [-0.1, -0.05) is 32.0 Å². The first kappa shape index (κ1) is 20.3. The zero-order valence-corrected chi connectivity index (χ0v) is 15.8. The van der Waals surface area contributed by atoms with Crippen molar-refractivity contribution in [3.05, 3.63) is 29.8 Å². The molecule has 0 radical (unpaired) electrons. The number of unbranched alkanes of at least 4 members (excludes halogenated alkanes) is 1. The van der Waals surface area contributed by atoms with Crippen LogP contribution in [0, 0.1) is 0 Å². The Morgan fingerprint density at radius 1 is 1.08 bits per heavy atom. The van der Waals surface area contributed by atoms with Gasteiger partial charge in [-0.2, -0.15) is 0 Å². The number of nitrogens with one attached hydrogen (secondary N) is 2. The zero-order chi connectivity index (χ0) is 17.6. The minimum atomic E-state index is 0.610. The highest BCUT2D eigenvalue weighted by atomic mass is 16.5. The van der Waals surface area contributed by atoms with Crippen LogP contribution in [0.4, 0.5) is 0 Å².